The zero-order valence-corrected chi connectivity index (χ0v) is 18.4. The van der Waals surface area contributed by atoms with Gasteiger partial charge in [-0.1, -0.05) is 6.42 Å². The molecule has 1 heterocycles. The fraction of sp³-hybridized carbons (Fsp3) is 0.409. The highest BCUT2D eigenvalue weighted by Gasteiger charge is 2.30. The Morgan fingerprint density at radius 3 is 2.40 bits per heavy atom. The van der Waals surface area contributed by atoms with E-state index >= 15 is 0 Å². The molecule has 0 bridgehead atoms. The van der Waals surface area contributed by atoms with Gasteiger partial charge in [0.1, 0.15) is 0 Å². The van der Waals surface area contributed by atoms with Gasteiger partial charge < -0.3 is 14.8 Å². The Balaban J connectivity index is 1.65. The highest BCUT2D eigenvalue weighted by atomic mass is 32.2. The van der Waals surface area contributed by atoms with Crippen LogP contribution in [0.4, 0.5) is 5.69 Å². The smallest absolute Gasteiger partial charge is 0.243 e. The number of rotatable bonds is 8. The molecule has 0 aliphatic carbocycles. The summed E-state index contributed by atoms with van der Waals surface area (Å²) in [7, 11) is -0.447. The molecule has 2 aromatic rings. The summed E-state index contributed by atoms with van der Waals surface area (Å²) in [4.78, 5) is 12.8. The van der Waals surface area contributed by atoms with E-state index in [4.69, 9.17) is 9.47 Å². The number of nitrogens with zero attached hydrogens (tertiary/aromatic N) is 1. The number of carbonyl (C=O) groups is 1. The third-order valence-electron chi connectivity index (χ3n) is 5.36. The number of benzene rings is 2. The molecule has 30 heavy (non-hydrogen) atoms. The van der Waals surface area contributed by atoms with Gasteiger partial charge >= 0.3 is 0 Å². The average Bonchev–Trinajstić information content (AvgIpc) is 2.77. The van der Waals surface area contributed by atoms with Crippen molar-refractivity contribution in [2.24, 2.45) is 0 Å². The number of ether oxygens (including phenoxy) is 2. The molecule has 1 aliphatic heterocycles. The van der Waals surface area contributed by atoms with Crippen LogP contribution in [0.1, 0.15) is 36.5 Å². The number of carbonyl (C=O) groups excluding carboxylic acids is 1. The summed E-state index contributed by atoms with van der Waals surface area (Å²) in [6.07, 6.45) is 2.84. The first kappa shape index (κ1) is 22.1. The molecule has 1 saturated heterocycles. The third kappa shape index (κ3) is 4.76. The lowest BCUT2D eigenvalue weighted by molar-refractivity contribution is 0.101. The van der Waals surface area contributed by atoms with E-state index in [1.165, 1.54) is 14.2 Å². The number of ketones is 1. The first-order valence-electron chi connectivity index (χ1n) is 9.98. The highest BCUT2D eigenvalue weighted by molar-refractivity contribution is 7.89. The van der Waals surface area contributed by atoms with E-state index in [2.05, 4.69) is 5.32 Å². The van der Waals surface area contributed by atoms with E-state index < -0.39 is 10.0 Å². The van der Waals surface area contributed by atoms with Crippen molar-refractivity contribution in [3.63, 3.8) is 0 Å². The van der Waals surface area contributed by atoms with Gasteiger partial charge in [-0.25, -0.2) is 8.42 Å². The van der Waals surface area contributed by atoms with Crippen LogP contribution in [-0.4, -0.2) is 51.9 Å². The Kier molecular flexibility index (Phi) is 6.99. The molecular formula is C22H28N2O5S. The molecule has 1 N–H and O–H groups in total. The van der Waals surface area contributed by atoms with Crippen molar-refractivity contribution >= 4 is 21.5 Å². The fourth-order valence-corrected chi connectivity index (χ4v) is 5.30. The lowest BCUT2D eigenvalue weighted by Gasteiger charge is -2.32. The molecule has 0 aromatic heterocycles. The molecule has 0 radical (unpaired) electrons. The summed E-state index contributed by atoms with van der Waals surface area (Å²) in [6.45, 7) is 2.58. The van der Waals surface area contributed by atoms with Crippen LogP contribution in [-0.2, 0) is 10.0 Å². The maximum Gasteiger partial charge on any atom is 0.243 e. The van der Waals surface area contributed by atoms with Crippen LogP contribution < -0.4 is 14.8 Å². The molecular weight excluding hydrogens is 404 g/mol. The second kappa shape index (κ2) is 9.49. The van der Waals surface area contributed by atoms with Crippen molar-refractivity contribution in [3.05, 3.63) is 48.0 Å². The lowest BCUT2D eigenvalue weighted by Crippen LogP contribution is -2.41. The summed E-state index contributed by atoms with van der Waals surface area (Å²) in [6, 6.07) is 11.6. The summed E-state index contributed by atoms with van der Waals surface area (Å²) < 4.78 is 37.8. The van der Waals surface area contributed by atoms with Gasteiger partial charge in [0.15, 0.2) is 17.3 Å². The maximum atomic E-state index is 12.9. The predicted octanol–water partition coefficient (Wildman–Crippen LogP) is 3.56. The van der Waals surface area contributed by atoms with E-state index in [0.717, 1.165) is 19.3 Å². The number of Topliss-reactive ketones (excluding diaryl/α,β-unsaturated/α-hetero) is 1. The number of hydrogen-bond acceptors (Lipinski definition) is 6. The largest absolute Gasteiger partial charge is 0.493 e. The summed E-state index contributed by atoms with van der Waals surface area (Å²) in [5.74, 6) is 0.932. The average molecular weight is 433 g/mol. The van der Waals surface area contributed by atoms with Gasteiger partial charge in [-0.2, -0.15) is 4.31 Å². The van der Waals surface area contributed by atoms with E-state index in [1.54, 1.807) is 46.8 Å². The Morgan fingerprint density at radius 1 is 1.07 bits per heavy atom. The Labute approximate surface area is 178 Å². The Morgan fingerprint density at radius 2 is 1.77 bits per heavy atom. The molecule has 0 amide bonds. The van der Waals surface area contributed by atoms with Crippen molar-refractivity contribution in [2.75, 3.05) is 32.6 Å². The molecule has 8 heteroatoms. The molecule has 1 unspecified atom stereocenters. The van der Waals surface area contributed by atoms with Crippen LogP contribution in [0.2, 0.25) is 0 Å². The van der Waals surface area contributed by atoms with Gasteiger partial charge in [0.2, 0.25) is 10.0 Å². The normalized spacial score (nSPS) is 17.4. The first-order chi connectivity index (χ1) is 14.4. The first-order valence-corrected chi connectivity index (χ1v) is 11.4. The topological polar surface area (TPSA) is 84.9 Å². The van der Waals surface area contributed by atoms with Gasteiger partial charge in [0, 0.05) is 23.8 Å². The van der Waals surface area contributed by atoms with E-state index in [-0.39, 0.29) is 23.3 Å². The van der Waals surface area contributed by atoms with Crippen molar-refractivity contribution in [1.82, 2.24) is 4.31 Å². The number of anilines is 1. The van der Waals surface area contributed by atoms with Crippen LogP contribution in [0, 0.1) is 0 Å². The molecule has 1 atom stereocenters. The molecule has 1 fully saturated rings. The lowest BCUT2D eigenvalue weighted by atomic mass is 10.1. The zero-order valence-electron chi connectivity index (χ0n) is 17.6. The van der Waals surface area contributed by atoms with Gasteiger partial charge in [-0.3, -0.25) is 4.79 Å². The van der Waals surface area contributed by atoms with Crippen molar-refractivity contribution in [3.8, 4) is 11.5 Å². The molecule has 7 nitrogen and oxygen atoms in total. The quantitative estimate of drug-likeness (QED) is 0.642. The van der Waals surface area contributed by atoms with Crippen LogP contribution in [0.15, 0.2) is 47.4 Å². The Bertz CT molecular complexity index is 989. The van der Waals surface area contributed by atoms with Crippen LogP contribution in [0.3, 0.4) is 0 Å². The minimum atomic E-state index is -3.50. The molecule has 162 valence electrons. The maximum absolute atomic E-state index is 12.9. The summed E-state index contributed by atoms with van der Waals surface area (Å²) in [5.41, 5.74) is 1.17. The minimum Gasteiger partial charge on any atom is -0.493 e. The van der Waals surface area contributed by atoms with Gasteiger partial charge in [-0.15, -0.1) is 0 Å². The van der Waals surface area contributed by atoms with Crippen molar-refractivity contribution in [1.29, 1.82) is 0 Å². The van der Waals surface area contributed by atoms with Crippen LogP contribution >= 0.6 is 0 Å². The van der Waals surface area contributed by atoms with Gasteiger partial charge in [0.05, 0.1) is 25.7 Å². The van der Waals surface area contributed by atoms with Gasteiger partial charge in [-0.05, 0) is 62.2 Å². The molecule has 3 rings (SSSR count). The standard InChI is InChI=1S/C22H28N2O5S/c1-16-6-4-5-13-24(16)30(26,27)19-10-8-18(9-11-19)23-15-20(25)17-7-12-21(28-2)22(14-17)29-3/h7-12,14,16,23H,4-6,13,15H2,1-3H3. The molecule has 0 spiro atoms. The predicted molar refractivity (Wildman–Crippen MR) is 116 cm³/mol. The van der Waals surface area contributed by atoms with Crippen LogP contribution in [0.5, 0.6) is 11.5 Å². The number of nitrogens with one attached hydrogen (secondary N) is 1. The van der Waals surface area contributed by atoms with Gasteiger partial charge in [0.25, 0.3) is 0 Å². The van der Waals surface area contributed by atoms with Crippen molar-refractivity contribution in [2.45, 2.75) is 37.1 Å². The second-order valence-corrected chi connectivity index (χ2v) is 9.22. The molecule has 1 aliphatic rings. The number of hydrogen-bond donors (Lipinski definition) is 1. The monoisotopic (exact) mass is 432 g/mol. The van der Waals surface area contributed by atoms with E-state index in [0.29, 0.717) is 29.3 Å². The minimum absolute atomic E-state index is 0.0145. The number of sulfonamides is 1. The van der Waals surface area contributed by atoms with Crippen LogP contribution in [0.25, 0.3) is 0 Å². The highest BCUT2D eigenvalue weighted by Crippen LogP contribution is 2.28. The Hall–Kier alpha value is -2.58. The SMILES string of the molecule is COc1ccc(C(=O)CNc2ccc(S(=O)(=O)N3CCCCC3C)cc2)cc1OC. The summed E-state index contributed by atoms with van der Waals surface area (Å²) >= 11 is 0. The number of piperidine rings is 1. The second-order valence-electron chi connectivity index (χ2n) is 7.33. The molecule has 0 saturated carbocycles. The zero-order chi connectivity index (χ0) is 21.7. The molecule has 2 aromatic carbocycles. The van der Waals surface area contributed by atoms with E-state index in [1.807, 2.05) is 6.92 Å². The fourth-order valence-electron chi connectivity index (χ4n) is 3.60. The third-order valence-corrected chi connectivity index (χ3v) is 7.39. The van der Waals surface area contributed by atoms with Crippen molar-refractivity contribution < 1.29 is 22.7 Å². The number of methoxy groups -OCH3 is 2. The van der Waals surface area contributed by atoms with E-state index in [9.17, 15) is 13.2 Å². The summed E-state index contributed by atoms with van der Waals surface area (Å²) in [5, 5.41) is 3.05.